The third-order valence-corrected chi connectivity index (χ3v) is 5.42. The predicted octanol–water partition coefficient (Wildman–Crippen LogP) is 3.90. The highest BCUT2D eigenvalue weighted by Gasteiger charge is 2.25. The van der Waals surface area contributed by atoms with Gasteiger partial charge in [-0.15, -0.1) is 24.0 Å². The number of nitrogens with two attached hydrogens (primary N) is 1. The van der Waals surface area contributed by atoms with E-state index in [-0.39, 0.29) is 35.3 Å². The maximum Gasteiger partial charge on any atom is 0.217 e. The SMILES string of the molecule is CCNC(=NCC(C)(C)c1ccc(Br)cc1)N1CCCC(CC(N)=O)C1.I. The molecule has 1 aliphatic rings. The van der Waals surface area contributed by atoms with Crippen LogP contribution in [-0.4, -0.2) is 42.9 Å². The van der Waals surface area contributed by atoms with E-state index < -0.39 is 0 Å². The van der Waals surface area contributed by atoms with Gasteiger partial charge in [0.15, 0.2) is 5.96 Å². The van der Waals surface area contributed by atoms with E-state index in [1.807, 2.05) is 0 Å². The van der Waals surface area contributed by atoms with E-state index in [1.54, 1.807) is 0 Å². The number of halogens is 2. The summed E-state index contributed by atoms with van der Waals surface area (Å²) in [6.07, 6.45) is 2.59. The lowest BCUT2D eigenvalue weighted by Gasteiger charge is -2.35. The molecule has 1 unspecified atom stereocenters. The number of aliphatic imine (C=N–C) groups is 1. The normalized spacial score (nSPS) is 18.0. The van der Waals surface area contributed by atoms with Gasteiger partial charge in [0.2, 0.25) is 5.91 Å². The molecule has 0 aliphatic carbocycles. The molecule has 0 saturated carbocycles. The average Bonchev–Trinajstić information content (AvgIpc) is 2.58. The van der Waals surface area contributed by atoms with Crippen LogP contribution in [0.1, 0.15) is 45.6 Å². The fraction of sp³-hybridized carbons (Fsp3) is 0.600. The van der Waals surface area contributed by atoms with Crippen molar-refractivity contribution < 1.29 is 4.79 Å². The van der Waals surface area contributed by atoms with E-state index in [1.165, 1.54) is 5.56 Å². The number of guanidine groups is 1. The molecular formula is C20H32BrIN4O. The molecule has 1 saturated heterocycles. The molecule has 7 heteroatoms. The average molecular weight is 551 g/mol. The first-order valence-electron chi connectivity index (χ1n) is 9.39. The number of nitrogens with one attached hydrogen (secondary N) is 1. The number of carbonyl (C=O) groups excluding carboxylic acids is 1. The van der Waals surface area contributed by atoms with Crippen molar-refractivity contribution in [2.45, 2.75) is 45.4 Å². The lowest BCUT2D eigenvalue weighted by Crippen LogP contribution is -2.47. The minimum absolute atomic E-state index is 0. The second-order valence-electron chi connectivity index (χ2n) is 7.69. The highest BCUT2D eigenvalue weighted by molar-refractivity contribution is 14.0. The number of primary amides is 1. The van der Waals surface area contributed by atoms with Crippen molar-refractivity contribution in [3.8, 4) is 0 Å². The van der Waals surface area contributed by atoms with Gasteiger partial charge in [-0.25, -0.2) is 0 Å². The van der Waals surface area contributed by atoms with Crippen LogP contribution in [0.15, 0.2) is 33.7 Å². The molecule has 0 aromatic heterocycles. The van der Waals surface area contributed by atoms with Gasteiger partial charge in [-0.2, -0.15) is 0 Å². The van der Waals surface area contributed by atoms with Crippen molar-refractivity contribution >= 4 is 51.8 Å². The van der Waals surface area contributed by atoms with Gasteiger partial charge in [-0.1, -0.05) is 41.9 Å². The Labute approximate surface area is 188 Å². The van der Waals surface area contributed by atoms with Crippen molar-refractivity contribution in [1.29, 1.82) is 0 Å². The van der Waals surface area contributed by atoms with Crippen LogP contribution in [0.2, 0.25) is 0 Å². The Morgan fingerprint density at radius 2 is 2.04 bits per heavy atom. The van der Waals surface area contributed by atoms with E-state index >= 15 is 0 Å². The Balaban J connectivity index is 0.00000364. The molecule has 152 valence electrons. The van der Waals surface area contributed by atoms with Gasteiger partial charge in [0, 0.05) is 35.9 Å². The van der Waals surface area contributed by atoms with Gasteiger partial charge in [0.25, 0.3) is 0 Å². The minimum atomic E-state index is -0.213. The Bertz CT molecular complexity index is 633. The fourth-order valence-corrected chi connectivity index (χ4v) is 3.66. The fourth-order valence-electron chi connectivity index (χ4n) is 3.40. The molecule has 0 bridgehead atoms. The number of hydrogen-bond acceptors (Lipinski definition) is 2. The molecule has 0 spiro atoms. The summed E-state index contributed by atoms with van der Waals surface area (Å²) in [7, 11) is 0. The van der Waals surface area contributed by atoms with Crippen molar-refractivity contribution in [2.24, 2.45) is 16.6 Å². The van der Waals surface area contributed by atoms with E-state index in [2.05, 4.69) is 71.2 Å². The summed E-state index contributed by atoms with van der Waals surface area (Å²) in [5.74, 6) is 1.05. The zero-order valence-electron chi connectivity index (χ0n) is 16.5. The number of benzene rings is 1. The van der Waals surface area contributed by atoms with Gasteiger partial charge in [-0.05, 0) is 43.4 Å². The highest BCUT2D eigenvalue weighted by atomic mass is 127. The monoisotopic (exact) mass is 550 g/mol. The Morgan fingerprint density at radius 3 is 2.63 bits per heavy atom. The summed E-state index contributed by atoms with van der Waals surface area (Å²) < 4.78 is 1.09. The van der Waals surface area contributed by atoms with Crippen LogP contribution in [0.25, 0.3) is 0 Å². The molecule has 5 nitrogen and oxygen atoms in total. The molecule has 2 rings (SSSR count). The Hall–Kier alpha value is -0.830. The summed E-state index contributed by atoms with van der Waals surface area (Å²) in [6.45, 7) is 9.86. The largest absolute Gasteiger partial charge is 0.370 e. The smallest absolute Gasteiger partial charge is 0.217 e. The molecule has 1 heterocycles. The molecule has 1 fully saturated rings. The minimum Gasteiger partial charge on any atom is -0.370 e. The molecule has 1 atom stereocenters. The summed E-state index contributed by atoms with van der Waals surface area (Å²) in [5.41, 5.74) is 6.60. The summed E-state index contributed by atoms with van der Waals surface area (Å²) >= 11 is 3.49. The zero-order valence-corrected chi connectivity index (χ0v) is 20.4. The second kappa shape index (κ2) is 11.2. The number of amides is 1. The van der Waals surface area contributed by atoms with E-state index in [0.717, 1.165) is 42.9 Å². The van der Waals surface area contributed by atoms with Crippen molar-refractivity contribution in [3.05, 3.63) is 34.3 Å². The lowest BCUT2D eigenvalue weighted by atomic mass is 9.85. The van der Waals surface area contributed by atoms with Crippen LogP contribution in [0.5, 0.6) is 0 Å². The topological polar surface area (TPSA) is 70.7 Å². The van der Waals surface area contributed by atoms with Gasteiger partial charge in [0.05, 0.1) is 6.54 Å². The number of hydrogen-bond donors (Lipinski definition) is 2. The molecule has 1 amide bonds. The van der Waals surface area contributed by atoms with Crippen LogP contribution in [0.3, 0.4) is 0 Å². The van der Waals surface area contributed by atoms with Crippen molar-refractivity contribution in [2.75, 3.05) is 26.2 Å². The highest BCUT2D eigenvalue weighted by Crippen LogP contribution is 2.26. The number of rotatable bonds is 6. The summed E-state index contributed by atoms with van der Waals surface area (Å²) in [5, 5.41) is 3.41. The summed E-state index contributed by atoms with van der Waals surface area (Å²) in [4.78, 5) is 18.5. The van der Waals surface area contributed by atoms with Gasteiger partial charge in [0.1, 0.15) is 0 Å². The molecule has 1 aliphatic heterocycles. The number of nitrogens with zero attached hydrogens (tertiary/aromatic N) is 2. The first kappa shape index (κ1) is 24.2. The first-order chi connectivity index (χ1) is 12.3. The zero-order chi connectivity index (χ0) is 19.2. The van der Waals surface area contributed by atoms with Crippen molar-refractivity contribution in [1.82, 2.24) is 10.2 Å². The van der Waals surface area contributed by atoms with E-state index in [0.29, 0.717) is 18.9 Å². The maximum absolute atomic E-state index is 11.3. The number of carbonyl (C=O) groups is 1. The van der Waals surface area contributed by atoms with Gasteiger partial charge < -0.3 is 16.0 Å². The quantitative estimate of drug-likeness (QED) is 0.320. The molecule has 27 heavy (non-hydrogen) atoms. The number of piperidine rings is 1. The van der Waals surface area contributed by atoms with Crippen LogP contribution < -0.4 is 11.1 Å². The molecular weight excluding hydrogens is 519 g/mol. The molecule has 1 aromatic rings. The third kappa shape index (κ3) is 7.60. The van der Waals surface area contributed by atoms with Crippen LogP contribution in [0, 0.1) is 5.92 Å². The van der Waals surface area contributed by atoms with E-state index in [4.69, 9.17) is 10.7 Å². The van der Waals surface area contributed by atoms with Crippen LogP contribution in [-0.2, 0) is 10.2 Å². The first-order valence-corrected chi connectivity index (χ1v) is 10.2. The molecule has 0 radical (unpaired) electrons. The number of likely N-dealkylation sites (tertiary alicyclic amines) is 1. The maximum atomic E-state index is 11.3. The van der Waals surface area contributed by atoms with Gasteiger partial charge in [-0.3, -0.25) is 9.79 Å². The Morgan fingerprint density at radius 1 is 1.37 bits per heavy atom. The molecule has 3 N–H and O–H groups in total. The second-order valence-corrected chi connectivity index (χ2v) is 8.60. The Kier molecular flexibility index (Phi) is 10.1. The lowest BCUT2D eigenvalue weighted by molar-refractivity contribution is -0.119. The predicted molar refractivity (Wildman–Crippen MR) is 127 cm³/mol. The third-order valence-electron chi connectivity index (χ3n) is 4.89. The van der Waals surface area contributed by atoms with E-state index in [9.17, 15) is 4.79 Å². The standard InChI is InChI=1S/C20H31BrN4O.HI/c1-4-23-19(25-11-5-6-15(13-25)12-18(22)26)24-14-20(2,3)16-7-9-17(21)10-8-16;/h7-10,15H,4-6,11-14H2,1-3H3,(H2,22,26)(H,23,24);1H. The van der Waals surface area contributed by atoms with Gasteiger partial charge >= 0.3 is 0 Å². The molecule has 1 aromatic carbocycles. The van der Waals surface area contributed by atoms with Crippen LogP contribution >= 0.6 is 39.9 Å². The van der Waals surface area contributed by atoms with Crippen LogP contribution in [0.4, 0.5) is 0 Å². The van der Waals surface area contributed by atoms with Crippen molar-refractivity contribution in [3.63, 3.8) is 0 Å². The summed E-state index contributed by atoms with van der Waals surface area (Å²) in [6, 6.07) is 8.45.